The Labute approximate surface area is 110 Å². The molecular formula is C12H14N4O3. The smallest absolute Gasteiger partial charge is 0.164 e. The Hall–Kier alpha value is -2.57. The molecule has 0 amide bonds. The van der Waals surface area contributed by atoms with Gasteiger partial charge in [0.15, 0.2) is 11.5 Å². The summed E-state index contributed by atoms with van der Waals surface area (Å²) in [6.45, 7) is 0. The van der Waals surface area contributed by atoms with Crippen LogP contribution in [0.3, 0.4) is 0 Å². The molecule has 1 aromatic carbocycles. The summed E-state index contributed by atoms with van der Waals surface area (Å²) >= 11 is 0. The fourth-order valence-electron chi connectivity index (χ4n) is 1.54. The first-order valence-electron chi connectivity index (χ1n) is 5.47. The molecule has 100 valence electrons. The zero-order valence-electron chi connectivity index (χ0n) is 10.9. The second-order valence-corrected chi connectivity index (χ2v) is 3.54. The molecule has 0 radical (unpaired) electrons. The molecule has 1 aromatic heterocycles. The normalized spacial score (nSPS) is 10.7. The van der Waals surface area contributed by atoms with E-state index in [1.807, 2.05) is 0 Å². The number of rotatable bonds is 5. The molecule has 1 heterocycles. The topological polar surface area (TPSA) is 70.8 Å². The summed E-state index contributed by atoms with van der Waals surface area (Å²) in [4.78, 5) is 0. The third-order valence-corrected chi connectivity index (χ3v) is 2.47. The highest BCUT2D eigenvalue weighted by atomic mass is 16.5. The Morgan fingerprint density at radius 1 is 0.947 bits per heavy atom. The quantitative estimate of drug-likeness (QED) is 0.757. The summed E-state index contributed by atoms with van der Waals surface area (Å²) in [6.07, 6.45) is 4.61. The van der Waals surface area contributed by atoms with Crippen molar-refractivity contribution in [3.8, 4) is 17.2 Å². The Kier molecular flexibility index (Phi) is 3.97. The van der Waals surface area contributed by atoms with E-state index in [9.17, 15) is 0 Å². The number of hydrogen-bond donors (Lipinski definition) is 0. The van der Waals surface area contributed by atoms with Crippen molar-refractivity contribution >= 4 is 6.21 Å². The fraction of sp³-hybridized carbons (Fsp3) is 0.250. The Morgan fingerprint density at radius 3 is 2.11 bits per heavy atom. The number of hydrogen-bond acceptors (Lipinski definition) is 6. The van der Waals surface area contributed by atoms with Crippen LogP contribution in [0.1, 0.15) is 5.56 Å². The van der Waals surface area contributed by atoms with E-state index in [1.54, 1.807) is 39.7 Å². The van der Waals surface area contributed by atoms with Crippen molar-refractivity contribution in [2.75, 3.05) is 21.3 Å². The van der Waals surface area contributed by atoms with E-state index in [1.165, 1.54) is 17.3 Å². The zero-order chi connectivity index (χ0) is 13.7. The van der Waals surface area contributed by atoms with E-state index in [0.717, 1.165) is 5.56 Å². The van der Waals surface area contributed by atoms with E-state index in [0.29, 0.717) is 17.2 Å². The monoisotopic (exact) mass is 262 g/mol. The van der Waals surface area contributed by atoms with Crippen molar-refractivity contribution in [3.63, 3.8) is 0 Å². The van der Waals surface area contributed by atoms with Gasteiger partial charge in [-0.3, -0.25) is 0 Å². The Balaban J connectivity index is 2.38. The van der Waals surface area contributed by atoms with Gasteiger partial charge < -0.3 is 14.2 Å². The van der Waals surface area contributed by atoms with Crippen LogP contribution in [0.2, 0.25) is 0 Å². The molecule has 2 aromatic rings. The lowest BCUT2D eigenvalue weighted by Crippen LogP contribution is -1.97. The van der Waals surface area contributed by atoms with Crippen molar-refractivity contribution in [2.24, 2.45) is 5.10 Å². The van der Waals surface area contributed by atoms with Crippen molar-refractivity contribution in [1.82, 2.24) is 14.9 Å². The van der Waals surface area contributed by atoms with Gasteiger partial charge in [-0.25, -0.2) is 4.68 Å². The van der Waals surface area contributed by atoms with Crippen molar-refractivity contribution in [1.29, 1.82) is 0 Å². The first kappa shape index (κ1) is 12.9. The molecule has 0 saturated heterocycles. The number of ether oxygens (including phenoxy) is 3. The van der Waals surface area contributed by atoms with Gasteiger partial charge in [0.05, 0.1) is 27.5 Å². The van der Waals surface area contributed by atoms with Gasteiger partial charge in [0, 0.05) is 11.6 Å². The number of nitrogens with zero attached hydrogens (tertiary/aromatic N) is 4. The maximum atomic E-state index is 5.29. The minimum Gasteiger partial charge on any atom is -0.496 e. The third kappa shape index (κ3) is 2.82. The molecule has 0 N–H and O–H groups in total. The molecule has 7 heteroatoms. The van der Waals surface area contributed by atoms with Crippen LogP contribution in [0, 0.1) is 0 Å². The molecule has 0 saturated carbocycles. The summed E-state index contributed by atoms with van der Waals surface area (Å²) in [6, 6.07) is 3.53. The van der Waals surface area contributed by atoms with E-state index in [-0.39, 0.29) is 0 Å². The minimum absolute atomic E-state index is 0.598. The molecule has 2 rings (SSSR count). The van der Waals surface area contributed by atoms with Crippen LogP contribution in [0.25, 0.3) is 0 Å². The van der Waals surface area contributed by atoms with Crippen LogP contribution in [0.5, 0.6) is 17.2 Å². The Bertz CT molecular complexity index is 567. The third-order valence-electron chi connectivity index (χ3n) is 2.47. The number of methoxy groups -OCH3 is 3. The predicted molar refractivity (Wildman–Crippen MR) is 69.1 cm³/mol. The molecule has 0 bridgehead atoms. The summed E-state index contributed by atoms with van der Waals surface area (Å²) in [5.74, 6) is 1.84. The summed E-state index contributed by atoms with van der Waals surface area (Å²) < 4.78 is 17.2. The second kappa shape index (κ2) is 5.85. The molecule has 0 aliphatic carbocycles. The van der Waals surface area contributed by atoms with Crippen molar-refractivity contribution in [3.05, 3.63) is 30.4 Å². The summed E-state index contributed by atoms with van der Waals surface area (Å²) in [7, 11) is 4.73. The van der Waals surface area contributed by atoms with Gasteiger partial charge >= 0.3 is 0 Å². The van der Waals surface area contributed by atoms with Gasteiger partial charge in [-0.2, -0.15) is 5.10 Å². The van der Waals surface area contributed by atoms with Gasteiger partial charge in [0.2, 0.25) is 0 Å². The van der Waals surface area contributed by atoms with E-state index in [2.05, 4.69) is 15.3 Å². The lowest BCUT2D eigenvalue weighted by Gasteiger charge is -2.11. The van der Waals surface area contributed by atoms with E-state index < -0.39 is 0 Å². The van der Waals surface area contributed by atoms with E-state index >= 15 is 0 Å². The van der Waals surface area contributed by atoms with Crippen LogP contribution in [-0.4, -0.2) is 42.4 Å². The highest BCUT2D eigenvalue weighted by Gasteiger charge is 2.10. The molecule has 0 atom stereocenters. The van der Waals surface area contributed by atoms with Crippen LogP contribution in [-0.2, 0) is 0 Å². The molecular weight excluding hydrogens is 248 g/mol. The summed E-state index contributed by atoms with van der Waals surface area (Å²) in [5, 5.41) is 11.5. The average molecular weight is 262 g/mol. The van der Waals surface area contributed by atoms with Crippen molar-refractivity contribution < 1.29 is 14.2 Å². The zero-order valence-corrected chi connectivity index (χ0v) is 10.9. The highest BCUT2D eigenvalue weighted by Crippen LogP contribution is 2.33. The van der Waals surface area contributed by atoms with Gasteiger partial charge in [-0.15, -0.1) is 10.2 Å². The van der Waals surface area contributed by atoms with E-state index in [4.69, 9.17) is 14.2 Å². The summed E-state index contributed by atoms with van der Waals surface area (Å²) in [5.41, 5.74) is 0.758. The molecule has 0 aliphatic heterocycles. The first-order chi connectivity index (χ1) is 9.28. The first-order valence-corrected chi connectivity index (χ1v) is 5.47. The van der Waals surface area contributed by atoms with Crippen LogP contribution < -0.4 is 14.2 Å². The molecule has 0 aliphatic rings. The number of benzene rings is 1. The maximum Gasteiger partial charge on any atom is 0.164 e. The molecule has 0 unspecified atom stereocenters. The van der Waals surface area contributed by atoms with Gasteiger partial charge in [-0.05, 0) is 6.07 Å². The SMILES string of the molecule is COc1cc(OC)c(OC)cc1/C=N\n1cnnc1. The Morgan fingerprint density at radius 2 is 1.53 bits per heavy atom. The minimum atomic E-state index is 0.598. The second-order valence-electron chi connectivity index (χ2n) is 3.54. The average Bonchev–Trinajstić information content (AvgIpc) is 2.97. The largest absolute Gasteiger partial charge is 0.496 e. The predicted octanol–water partition coefficient (Wildman–Crippen LogP) is 1.19. The lowest BCUT2D eigenvalue weighted by atomic mass is 10.2. The van der Waals surface area contributed by atoms with Crippen LogP contribution in [0.15, 0.2) is 29.9 Å². The molecule has 0 spiro atoms. The van der Waals surface area contributed by atoms with Crippen LogP contribution >= 0.6 is 0 Å². The van der Waals surface area contributed by atoms with Crippen LogP contribution in [0.4, 0.5) is 0 Å². The van der Waals surface area contributed by atoms with Gasteiger partial charge in [0.1, 0.15) is 18.4 Å². The van der Waals surface area contributed by atoms with Crippen molar-refractivity contribution in [2.45, 2.75) is 0 Å². The molecule has 19 heavy (non-hydrogen) atoms. The maximum absolute atomic E-state index is 5.29. The highest BCUT2D eigenvalue weighted by molar-refractivity contribution is 5.85. The number of aromatic nitrogens is 3. The standard InChI is InChI=1S/C12H14N4O3/c1-17-10-5-12(19-3)11(18-2)4-9(10)6-15-16-7-13-14-8-16/h4-8H,1-3H3/b15-6-. The van der Waals surface area contributed by atoms with Gasteiger partial charge in [-0.1, -0.05) is 0 Å². The molecule has 0 fully saturated rings. The van der Waals surface area contributed by atoms with Gasteiger partial charge in [0.25, 0.3) is 0 Å². The fourth-order valence-corrected chi connectivity index (χ4v) is 1.54. The molecule has 7 nitrogen and oxygen atoms in total. The lowest BCUT2D eigenvalue weighted by molar-refractivity contribution is 0.349.